The van der Waals surface area contributed by atoms with Crippen LogP contribution in [0, 0.1) is 13.8 Å². The third-order valence-corrected chi connectivity index (χ3v) is 10.0. The highest BCUT2D eigenvalue weighted by Gasteiger charge is 2.35. The Morgan fingerprint density at radius 3 is 2.25 bits per heavy atom. The quantitative estimate of drug-likeness (QED) is 0.170. The van der Waals surface area contributed by atoms with Crippen LogP contribution in [0.3, 0.4) is 0 Å². The molecule has 0 fully saturated rings. The molecule has 12 heteroatoms. The van der Waals surface area contributed by atoms with Crippen molar-refractivity contribution in [2.24, 2.45) is 0 Å². The van der Waals surface area contributed by atoms with Crippen molar-refractivity contribution in [1.29, 1.82) is 0 Å². The molecular formula is C39H45N5O7. The lowest BCUT2D eigenvalue weighted by Gasteiger charge is -2.18. The average molecular weight is 696 g/mol. The summed E-state index contributed by atoms with van der Waals surface area (Å²) in [5.74, 6) is -3.07. The van der Waals surface area contributed by atoms with Gasteiger partial charge in [0.15, 0.2) is 0 Å². The van der Waals surface area contributed by atoms with Crippen molar-refractivity contribution in [3.63, 3.8) is 0 Å². The standard InChI is InChI=1S/C39H45N5O7/c1-9-23-19(3)27-16-29-21(5)25(11-12-34(47)50-7)37(43-29)26(15-35(48)51-8)38-36(39(49)40-14-13-33(45)46)22(6)30(44-38)18-32-24(10-2)20(4)28(42-32)17-31(23)41-27/h9,16-18,21,25,41-42H,1,10-15H2,2-8H3,(H,40,49)(H,45,46)/t21-,25-/m0/s1. The summed E-state index contributed by atoms with van der Waals surface area (Å²) in [6, 6.07) is 5.95. The van der Waals surface area contributed by atoms with Gasteiger partial charge in [-0.05, 0) is 74.1 Å². The second-order valence-corrected chi connectivity index (χ2v) is 12.9. The molecule has 0 saturated heterocycles. The predicted octanol–water partition coefficient (Wildman–Crippen LogP) is 6.21. The van der Waals surface area contributed by atoms with Gasteiger partial charge in [0.1, 0.15) is 0 Å². The number of aryl methyl sites for hydroxylation is 3. The van der Waals surface area contributed by atoms with Gasteiger partial charge in [-0.15, -0.1) is 0 Å². The van der Waals surface area contributed by atoms with Gasteiger partial charge in [-0.1, -0.05) is 26.5 Å². The Balaban J connectivity index is 1.97. The molecule has 0 radical (unpaired) electrons. The van der Waals surface area contributed by atoms with Crippen molar-refractivity contribution in [3.05, 3.63) is 75.4 Å². The maximum Gasteiger partial charge on any atom is 0.310 e. The van der Waals surface area contributed by atoms with Crippen molar-refractivity contribution >= 4 is 63.1 Å². The van der Waals surface area contributed by atoms with E-state index in [1.807, 2.05) is 32.1 Å². The van der Waals surface area contributed by atoms with Gasteiger partial charge in [-0.25, -0.2) is 4.98 Å². The van der Waals surface area contributed by atoms with Gasteiger partial charge in [0.05, 0.1) is 49.7 Å². The Bertz CT molecular complexity index is 2140. The number of aliphatic carboxylic acids is 1. The molecule has 0 aliphatic carbocycles. The minimum atomic E-state index is -1.05. The summed E-state index contributed by atoms with van der Waals surface area (Å²) in [6.07, 6.45) is 2.50. The van der Waals surface area contributed by atoms with Gasteiger partial charge >= 0.3 is 17.9 Å². The number of nitrogens with one attached hydrogen (secondary N) is 3. The van der Waals surface area contributed by atoms with E-state index < -0.39 is 17.8 Å². The monoisotopic (exact) mass is 695 g/mol. The minimum Gasteiger partial charge on any atom is -0.481 e. The topological polar surface area (TPSA) is 176 Å². The van der Waals surface area contributed by atoms with Gasteiger partial charge in [-0.3, -0.25) is 24.2 Å². The fourth-order valence-corrected chi connectivity index (χ4v) is 7.08. The lowest BCUT2D eigenvalue weighted by atomic mass is 9.84. The highest BCUT2D eigenvalue weighted by molar-refractivity contribution is 6.27. The Morgan fingerprint density at radius 2 is 1.61 bits per heavy atom. The molecule has 2 atom stereocenters. The maximum atomic E-state index is 14.0. The third-order valence-electron chi connectivity index (χ3n) is 10.0. The molecule has 5 heterocycles. The maximum absolute atomic E-state index is 14.0. The van der Waals surface area contributed by atoms with Crippen LogP contribution in [0.15, 0.2) is 24.8 Å². The number of hydrogen-bond donors (Lipinski definition) is 4. The van der Waals surface area contributed by atoms with E-state index in [0.29, 0.717) is 28.9 Å². The molecule has 268 valence electrons. The van der Waals surface area contributed by atoms with Crippen LogP contribution in [-0.4, -0.2) is 69.6 Å². The molecule has 2 aliphatic heterocycles. The molecule has 2 aliphatic rings. The van der Waals surface area contributed by atoms with Crippen LogP contribution in [0.4, 0.5) is 0 Å². The molecule has 0 spiro atoms. The van der Waals surface area contributed by atoms with Crippen LogP contribution in [-0.2, 0) is 41.5 Å². The van der Waals surface area contributed by atoms with Crippen LogP contribution in [0.5, 0.6) is 0 Å². The number of rotatable bonds is 11. The molecule has 1 amide bonds. The number of carbonyl (C=O) groups is 4. The molecule has 51 heavy (non-hydrogen) atoms. The number of hydrogen-bond acceptors (Lipinski definition) is 8. The van der Waals surface area contributed by atoms with Crippen molar-refractivity contribution < 1.29 is 33.8 Å². The highest BCUT2D eigenvalue weighted by atomic mass is 16.5. The molecule has 8 bridgehead atoms. The number of ether oxygens (including phenoxy) is 2. The third kappa shape index (κ3) is 7.21. The van der Waals surface area contributed by atoms with Crippen LogP contribution in [0.25, 0.3) is 39.3 Å². The molecule has 3 aromatic heterocycles. The van der Waals surface area contributed by atoms with Crippen LogP contribution in [0.2, 0.25) is 0 Å². The number of H-pyrrole nitrogens is 2. The number of allylic oxidation sites excluding steroid dienone is 1. The number of carboxylic acids is 1. The highest BCUT2D eigenvalue weighted by Crippen LogP contribution is 2.44. The van der Waals surface area contributed by atoms with Crippen molar-refractivity contribution in [1.82, 2.24) is 25.3 Å². The summed E-state index contributed by atoms with van der Waals surface area (Å²) in [4.78, 5) is 68.1. The van der Waals surface area contributed by atoms with Gasteiger partial charge in [0.25, 0.3) is 5.91 Å². The van der Waals surface area contributed by atoms with Crippen LogP contribution in [0.1, 0.15) is 102 Å². The number of fused-ring (bicyclic) bond motifs is 8. The zero-order valence-corrected chi connectivity index (χ0v) is 30.2. The Labute approximate surface area is 296 Å². The molecular weight excluding hydrogens is 650 g/mol. The van der Waals surface area contributed by atoms with E-state index >= 15 is 0 Å². The first kappa shape index (κ1) is 36.8. The molecule has 0 unspecified atom stereocenters. The number of carbonyl (C=O) groups excluding carboxylic acids is 3. The summed E-state index contributed by atoms with van der Waals surface area (Å²) in [5.41, 5.74) is 10.7. The molecule has 0 aromatic carbocycles. The number of carboxylic acid groups (broad SMARTS) is 1. The molecule has 0 saturated carbocycles. The first-order valence-corrected chi connectivity index (χ1v) is 17.1. The predicted molar refractivity (Wildman–Crippen MR) is 196 cm³/mol. The Hall–Kier alpha value is -5.52. The lowest BCUT2D eigenvalue weighted by molar-refractivity contribution is -0.141. The van der Waals surface area contributed by atoms with Gasteiger partial charge in [0.2, 0.25) is 0 Å². The van der Waals surface area contributed by atoms with Crippen LogP contribution < -0.4 is 5.32 Å². The summed E-state index contributed by atoms with van der Waals surface area (Å²) in [7, 11) is 2.63. The molecule has 12 nitrogen and oxygen atoms in total. The van der Waals surface area contributed by atoms with E-state index in [1.54, 1.807) is 6.92 Å². The summed E-state index contributed by atoms with van der Waals surface area (Å²) in [5, 5.41) is 12.0. The van der Waals surface area contributed by atoms with Crippen molar-refractivity contribution in [3.8, 4) is 0 Å². The largest absolute Gasteiger partial charge is 0.481 e. The van der Waals surface area contributed by atoms with E-state index in [-0.39, 0.29) is 54.9 Å². The molecule has 5 rings (SSSR count). The Morgan fingerprint density at radius 1 is 0.922 bits per heavy atom. The zero-order valence-electron chi connectivity index (χ0n) is 30.2. The summed E-state index contributed by atoms with van der Waals surface area (Å²) < 4.78 is 10.1. The first-order valence-electron chi connectivity index (χ1n) is 17.1. The minimum absolute atomic E-state index is 0.102. The number of methoxy groups -OCH3 is 2. The molecule has 3 aromatic rings. The number of amides is 1. The lowest BCUT2D eigenvalue weighted by Crippen LogP contribution is -2.27. The van der Waals surface area contributed by atoms with Crippen molar-refractivity contribution in [2.45, 2.75) is 78.6 Å². The zero-order chi connectivity index (χ0) is 37.1. The van der Waals surface area contributed by atoms with Gasteiger partial charge in [0, 0.05) is 63.7 Å². The van der Waals surface area contributed by atoms with Crippen molar-refractivity contribution in [2.75, 3.05) is 20.8 Å². The number of aromatic amines is 2. The second kappa shape index (κ2) is 15.2. The Kier molecular flexibility index (Phi) is 10.9. The fraction of sp³-hybridized carbons (Fsp3) is 0.385. The molecule has 4 N–H and O–H groups in total. The fourth-order valence-electron chi connectivity index (χ4n) is 7.08. The van der Waals surface area contributed by atoms with E-state index in [9.17, 15) is 24.3 Å². The van der Waals surface area contributed by atoms with E-state index in [0.717, 1.165) is 56.4 Å². The van der Waals surface area contributed by atoms with Gasteiger partial charge in [-0.2, -0.15) is 0 Å². The summed E-state index contributed by atoms with van der Waals surface area (Å²) in [6.45, 7) is 13.9. The van der Waals surface area contributed by atoms with E-state index in [2.05, 4.69) is 41.8 Å². The van der Waals surface area contributed by atoms with Crippen LogP contribution >= 0.6 is 0 Å². The summed E-state index contributed by atoms with van der Waals surface area (Å²) >= 11 is 0. The van der Waals surface area contributed by atoms with E-state index in [1.165, 1.54) is 14.2 Å². The number of nitrogens with zero attached hydrogens (tertiary/aromatic N) is 2. The SMILES string of the molecule is C=Cc1c(C)c2cc3nc(c(CC(=O)OC)c4nc(cc5[nH]c(cc1[nH]2)c(C)c5CC)C(C)=C4C(=O)NCCC(=O)O)[C@@H](CCC(=O)OC)[C@@H]3C. The van der Waals surface area contributed by atoms with Gasteiger partial charge < -0.3 is 29.9 Å². The number of esters is 2. The average Bonchev–Trinajstić information content (AvgIpc) is 3.78. The van der Waals surface area contributed by atoms with E-state index in [4.69, 9.17) is 19.4 Å². The second-order valence-electron chi connectivity index (χ2n) is 12.9. The normalized spacial score (nSPS) is 15.4. The smallest absolute Gasteiger partial charge is 0.310 e. The number of aromatic nitrogens is 4. The first-order chi connectivity index (χ1) is 24.3.